The minimum atomic E-state index is -0.822. The first-order valence-electron chi connectivity index (χ1n) is 13.3. The predicted molar refractivity (Wildman–Crippen MR) is 150 cm³/mol. The second kappa shape index (κ2) is 10.9. The summed E-state index contributed by atoms with van der Waals surface area (Å²) in [5.74, 6) is 0.405. The normalized spacial score (nSPS) is 24.9. The smallest absolute Gasteiger partial charge is 0.224 e. The summed E-state index contributed by atoms with van der Waals surface area (Å²) in [5.41, 5.74) is 11.1. The van der Waals surface area contributed by atoms with E-state index in [0.717, 1.165) is 53.6 Å². The molecule has 8 heteroatoms. The molecule has 0 saturated heterocycles. The fourth-order valence-corrected chi connectivity index (χ4v) is 6.45. The molecule has 2 aliphatic rings. The summed E-state index contributed by atoms with van der Waals surface area (Å²) in [6, 6.07) is 12.2. The van der Waals surface area contributed by atoms with Crippen LogP contribution >= 0.6 is 11.3 Å². The van der Waals surface area contributed by atoms with Crippen LogP contribution in [0.15, 0.2) is 53.4 Å². The van der Waals surface area contributed by atoms with Gasteiger partial charge in [0.2, 0.25) is 11.8 Å². The van der Waals surface area contributed by atoms with Crippen LogP contribution in [0.5, 0.6) is 0 Å². The topological polar surface area (TPSA) is 88.3 Å². The third kappa shape index (κ3) is 5.66. The van der Waals surface area contributed by atoms with Crippen LogP contribution in [-0.2, 0) is 15.1 Å². The van der Waals surface area contributed by atoms with Gasteiger partial charge >= 0.3 is 0 Å². The number of hydrogen-bond acceptors (Lipinski definition) is 5. The number of nitrogens with one attached hydrogen (secondary N) is 1. The van der Waals surface area contributed by atoms with Crippen molar-refractivity contribution in [3.63, 3.8) is 0 Å². The van der Waals surface area contributed by atoms with Crippen molar-refractivity contribution >= 4 is 28.8 Å². The molecule has 0 unspecified atom stereocenters. The van der Waals surface area contributed by atoms with Crippen LogP contribution in [0.3, 0.4) is 0 Å². The number of benzene rings is 1. The number of nitrogens with two attached hydrogens (primary N) is 1. The number of hydrogen-bond donors (Lipinski definition) is 2. The fourth-order valence-electron chi connectivity index (χ4n) is 5.79. The Morgan fingerprint density at radius 2 is 1.84 bits per heavy atom. The fraction of sp³-hybridized carbons (Fsp3) is 0.433. The van der Waals surface area contributed by atoms with Gasteiger partial charge in [0.1, 0.15) is 6.17 Å². The van der Waals surface area contributed by atoms with Gasteiger partial charge in [0.25, 0.3) is 0 Å². The number of carbonyl (C=O) groups excluding carboxylic acids is 2. The second-order valence-electron chi connectivity index (χ2n) is 10.9. The number of anilines is 1. The molecule has 0 atom stereocenters. The Balaban J connectivity index is 1.28. The highest BCUT2D eigenvalue weighted by molar-refractivity contribution is 7.08. The maximum Gasteiger partial charge on any atom is 0.224 e. The lowest BCUT2D eigenvalue weighted by Gasteiger charge is -2.41. The third-order valence-electron chi connectivity index (χ3n) is 8.24. The van der Waals surface area contributed by atoms with E-state index in [2.05, 4.69) is 10.7 Å². The molecule has 0 radical (unpaired) electrons. The van der Waals surface area contributed by atoms with Crippen LogP contribution in [0.25, 0.3) is 22.4 Å². The summed E-state index contributed by atoms with van der Waals surface area (Å²) in [4.78, 5) is 31.1. The molecule has 2 saturated carbocycles. The number of amides is 2. The van der Waals surface area contributed by atoms with Gasteiger partial charge in [-0.25, -0.2) is 4.39 Å². The van der Waals surface area contributed by atoms with Crippen LogP contribution in [-0.4, -0.2) is 41.0 Å². The zero-order valence-electron chi connectivity index (χ0n) is 22.0. The first-order chi connectivity index (χ1) is 18.2. The lowest BCUT2D eigenvalue weighted by Crippen LogP contribution is -2.50. The van der Waals surface area contributed by atoms with Crippen molar-refractivity contribution in [2.45, 2.75) is 69.6 Å². The molecule has 0 spiro atoms. The number of alkyl halides is 1. The first-order valence-corrected chi connectivity index (χ1v) is 14.3. The highest BCUT2D eigenvalue weighted by Crippen LogP contribution is 2.42. The van der Waals surface area contributed by atoms with Crippen molar-refractivity contribution in [1.82, 2.24) is 9.88 Å². The van der Waals surface area contributed by atoms with E-state index < -0.39 is 11.7 Å². The van der Waals surface area contributed by atoms with E-state index in [1.54, 1.807) is 24.5 Å². The first kappa shape index (κ1) is 26.5. The van der Waals surface area contributed by atoms with Crippen molar-refractivity contribution in [3.8, 4) is 22.4 Å². The molecule has 2 fully saturated rings. The molecule has 0 bridgehead atoms. The summed E-state index contributed by atoms with van der Waals surface area (Å²) in [5, 5.41) is 7.15. The third-order valence-corrected chi connectivity index (χ3v) is 8.93. The molecule has 6 nitrogen and oxygen atoms in total. The lowest BCUT2D eigenvalue weighted by atomic mass is 9.71. The van der Waals surface area contributed by atoms with E-state index >= 15 is 0 Å². The molecule has 2 heterocycles. The molecule has 200 valence electrons. The van der Waals surface area contributed by atoms with Gasteiger partial charge in [-0.3, -0.25) is 14.6 Å². The predicted octanol–water partition coefficient (Wildman–Crippen LogP) is 6.13. The van der Waals surface area contributed by atoms with Gasteiger partial charge in [-0.05, 0) is 65.6 Å². The monoisotopic (exact) mass is 534 g/mol. The van der Waals surface area contributed by atoms with Crippen LogP contribution < -0.4 is 11.1 Å². The molecular formula is C30H35FN4O2S. The molecule has 2 aromatic heterocycles. The molecule has 0 aliphatic heterocycles. The Bertz CT molecular complexity index is 1280. The molecule has 3 aromatic rings. The summed E-state index contributed by atoms with van der Waals surface area (Å²) < 4.78 is 13.5. The summed E-state index contributed by atoms with van der Waals surface area (Å²) >= 11 is 1.61. The van der Waals surface area contributed by atoms with Gasteiger partial charge in [0.15, 0.2) is 0 Å². The highest BCUT2D eigenvalue weighted by atomic mass is 32.1. The van der Waals surface area contributed by atoms with E-state index in [4.69, 9.17) is 10.7 Å². The van der Waals surface area contributed by atoms with Crippen LogP contribution in [0.1, 0.15) is 57.4 Å². The van der Waals surface area contributed by atoms with Crippen LogP contribution in [0.4, 0.5) is 10.1 Å². The average Bonchev–Trinajstić information content (AvgIpc) is 3.43. The quantitative estimate of drug-likeness (QED) is 0.382. The average molecular weight is 535 g/mol. The van der Waals surface area contributed by atoms with E-state index in [0.29, 0.717) is 30.9 Å². The summed E-state index contributed by atoms with van der Waals surface area (Å²) in [7, 11) is 1.86. The zero-order chi connectivity index (χ0) is 26.9. The van der Waals surface area contributed by atoms with Crippen molar-refractivity contribution in [2.75, 3.05) is 12.4 Å². The van der Waals surface area contributed by atoms with Gasteiger partial charge in [-0.1, -0.05) is 24.3 Å². The number of nitrogens with zero attached hydrogens (tertiary/aromatic N) is 2. The van der Waals surface area contributed by atoms with E-state index in [1.807, 2.05) is 53.7 Å². The maximum absolute atomic E-state index is 13.5. The highest BCUT2D eigenvalue weighted by Gasteiger charge is 2.42. The maximum atomic E-state index is 13.5. The van der Waals surface area contributed by atoms with E-state index in [-0.39, 0.29) is 17.9 Å². The summed E-state index contributed by atoms with van der Waals surface area (Å²) in [6.45, 7) is 1.60. The van der Waals surface area contributed by atoms with Crippen molar-refractivity contribution in [2.24, 2.45) is 11.7 Å². The number of aromatic nitrogens is 1. The summed E-state index contributed by atoms with van der Waals surface area (Å²) in [6.07, 6.45) is 5.83. The van der Waals surface area contributed by atoms with Gasteiger partial charge in [-0.2, -0.15) is 11.3 Å². The van der Waals surface area contributed by atoms with Gasteiger partial charge in [0.05, 0.1) is 17.6 Å². The van der Waals surface area contributed by atoms with Gasteiger partial charge in [-0.15, -0.1) is 0 Å². The zero-order valence-corrected chi connectivity index (χ0v) is 22.8. The second-order valence-corrected chi connectivity index (χ2v) is 11.7. The Kier molecular flexibility index (Phi) is 7.63. The van der Waals surface area contributed by atoms with Crippen molar-refractivity contribution < 1.29 is 14.0 Å². The number of pyridine rings is 1. The van der Waals surface area contributed by atoms with Crippen LogP contribution in [0, 0.1) is 5.92 Å². The number of rotatable bonds is 7. The SMILES string of the molecule is CC(=O)N(C)C1CCC(CC(=O)Nc2cnc(-c3ccc([C@]4(N)C[C@H](F)C4)cc3)c(-c3ccsc3)c2)CC1. The molecular weight excluding hydrogens is 499 g/mol. The lowest BCUT2D eigenvalue weighted by molar-refractivity contribution is -0.130. The Morgan fingerprint density at radius 3 is 2.45 bits per heavy atom. The molecule has 38 heavy (non-hydrogen) atoms. The minimum absolute atomic E-state index is 0.0107. The number of carbonyl (C=O) groups is 2. The molecule has 5 rings (SSSR count). The van der Waals surface area contributed by atoms with Gasteiger partial charge < -0.3 is 16.0 Å². The van der Waals surface area contributed by atoms with Crippen LogP contribution in [0.2, 0.25) is 0 Å². The molecule has 1 aromatic carbocycles. The Labute approximate surface area is 227 Å². The molecule has 2 amide bonds. The molecule has 3 N–H and O–H groups in total. The number of halogens is 1. The largest absolute Gasteiger partial charge is 0.343 e. The Hall–Kier alpha value is -3.10. The van der Waals surface area contributed by atoms with E-state index in [9.17, 15) is 14.0 Å². The van der Waals surface area contributed by atoms with Crippen molar-refractivity contribution in [3.05, 3.63) is 58.9 Å². The standard InChI is InChI=1S/C30H35FN4O2S/c1-19(36)35(2)26-9-3-20(4-10-26)13-28(37)34-25-14-27(22-11-12-38-18-22)29(33-17-25)21-5-7-23(8-6-21)30(32)15-24(31)16-30/h5-8,11-12,14,17-18,20,24,26H,3-4,9-10,13,15-16,32H2,1-2H3,(H,34,37)/t20?,24-,26?,30-. The minimum Gasteiger partial charge on any atom is -0.343 e. The van der Waals surface area contributed by atoms with Gasteiger partial charge in [0, 0.05) is 55.9 Å². The number of thiophene rings is 1. The molecule has 2 aliphatic carbocycles. The van der Waals surface area contributed by atoms with E-state index in [1.165, 1.54) is 0 Å². The van der Waals surface area contributed by atoms with Crippen molar-refractivity contribution in [1.29, 1.82) is 0 Å². The Morgan fingerprint density at radius 1 is 1.13 bits per heavy atom.